The summed E-state index contributed by atoms with van der Waals surface area (Å²) in [6.45, 7) is 2.87. The van der Waals surface area contributed by atoms with Crippen LogP contribution in [0, 0.1) is 5.82 Å². The van der Waals surface area contributed by atoms with Crippen molar-refractivity contribution in [2.24, 2.45) is 0 Å². The average Bonchev–Trinajstić information content (AvgIpc) is 2.47. The molecule has 0 aromatic heterocycles. The van der Waals surface area contributed by atoms with Crippen molar-refractivity contribution in [1.29, 1.82) is 0 Å². The summed E-state index contributed by atoms with van der Waals surface area (Å²) in [6, 6.07) is 4.47. The van der Waals surface area contributed by atoms with Gasteiger partial charge < -0.3 is 19.6 Å². The van der Waals surface area contributed by atoms with Crippen molar-refractivity contribution in [3.8, 4) is 5.75 Å². The number of halogens is 2. The number of aliphatic hydroxyl groups is 1. The van der Waals surface area contributed by atoms with Crippen LogP contribution in [0.5, 0.6) is 5.75 Å². The third kappa shape index (κ3) is 5.09. The molecule has 1 aromatic carbocycles. The van der Waals surface area contributed by atoms with Crippen LogP contribution in [0.2, 0.25) is 5.02 Å². The highest BCUT2D eigenvalue weighted by molar-refractivity contribution is 6.32. The molecular formula is C16H24ClFN2O2. The molecule has 6 heteroatoms. The SMILES string of the molecule is CN1CCC(N(C)C[C@@H](O)COc2ccc(F)cc2Cl)CC1. The van der Waals surface area contributed by atoms with Gasteiger partial charge in [-0.05, 0) is 58.2 Å². The molecule has 1 atom stereocenters. The van der Waals surface area contributed by atoms with Crippen LogP contribution in [0.15, 0.2) is 18.2 Å². The Balaban J connectivity index is 1.76. The number of nitrogens with zero attached hydrogens (tertiary/aromatic N) is 2. The van der Waals surface area contributed by atoms with Crippen LogP contribution in [0.3, 0.4) is 0 Å². The molecule has 1 aliphatic heterocycles. The van der Waals surface area contributed by atoms with Crippen molar-refractivity contribution < 1.29 is 14.2 Å². The Morgan fingerprint density at radius 1 is 1.45 bits per heavy atom. The zero-order valence-electron chi connectivity index (χ0n) is 13.1. The van der Waals surface area contributed by atoms with Gasteiger partial charge in [0.25, 0.3) is 0 Å². The van der Waals surface area contributed by atoms with E-state index in [1.807, 2.05) is 7.05 Å². The monoisotopic (exact) mass is 330 g/mol. The summed E-state index contributed by atoms with van der Waals surface area (Å²) in [5.41, 5.74) is 0. The highest BCUT2D eigenvalue weighted by Crippen LogP contribution is 2.25. The van der Waals surface area contributed by atoms with Crippen LogP contribution >= 0.6 is 11.6 Å². The van der Waals surface area contributed by atoms with E-state index in [0.29, 0.717) is 18.3 Å². The molecule has 0 aliphatic carbocycles. The molecule has 0 radical (unpaired) electrons. The van der Waals surface area contributed by atoms with Gasteiger partial charge in [-0.25, -0.2) is 4.39 Å². The van der Waals surface area contributed by atoms with Gasteiger partial charge in [-0.15, -0.1) is 0 Å². The van der Waals surface area contributed by atoms with Crippen LogP contribution in [0.4, 0.5) is 4.39 Å². The lowest BCUT2D eigenvalue weighted by atomic mass is 10.0. The number of likely N-dealkylation sites (tertiary alicyclic amines) is 1. The number of likely N-dealkylation sites (N-methyl/N-ethyl adjacent to an activating group) is 1. The molecule has 0 amide bonds. The second-order valence-electron chi connectivity index (χ2n) is 6.01. The molecule has 22 heavy (non-hydrogen) atoms. The van der Waals surface area contributed by atoms with Crippen LogP contribution < -0.4 is 4.74 Å². The molecule has 0 saturated carbocycles. The Hall–Kier alpha value is -0.880. The van der Waals surface area contributed by atoms with Crippen LogP contribution in [0.25, 0.3) is 0 Å². The topological polar surface area (TPSA) is 35.9 Å². The van der Waals surface area contributed by atoms with Crippen molar-refractivity contribution in [3.63, 3.8) is 0 Å². The zero-order valence-corrected chi connectivity index (χ0v) is 13.9. The molecule has 0 unspecified atom stereocenters. The molecule has 1 aliphatic rings. The Morgan fingerprint density at radius 2 is 2.14 bits per heavy atom. The van der Waals surface area contributed by atoms with E-state index in [0.717, 1.165) is 25.9 Å². The van der Waals surface area contributed by atoms with Gasteiger partial charge in [0.05, 0.1) is 5.02 Å². The second kappa shape index (κ2) is 8.11. The van der Waals surface area contributed by atoms with Crippen LogP contribution in [0.1, 0.15) is 12.8 Å². The quantitative estimate of drug-likeness (QED) is 0.868. The van der Waals surface area contributed by atoms with Crippen LogP contribution in [-0.2, 0) is 0 Å². The van der Waals surface area contributed by atoms with E-state index in [1.165, 1.54) is 18.2 Å². The van der Waals surface area contributed by atoms with Gasteiger partial charge in [0, 0.05) is 12.6 Å². The number of benzene rings is 1. The van der Waals surface area contributed by atoms with Gasteiger partial charge in [-0.3, -0.25) is 0 Å². The zero-order chi connectivity index (χ0) is 16.1. The van der Waals surface area contributed by atoms with Crippen molar-refractivity contribution >= 4 is 11.6 Å². The first kappa shape index (κ1) is 17.5. The maximum absolute atomic E-state index is 13.0. The first-order valence-electron chi connectivity index (χ1n) is 7.60. The highest BCUT2D eigenvalue weighted by atomic mass is 35.5. The Morgan fingerprint density at radius 3 is 2.77 bits per heavy atom. The first-order valence-corrected chi connectivity index (χ1v) is 7.98. The minimum absolute atomic E-state index is 0.141. The normalized spacial score (nSPS) is 18.6. The van der Waals surface area contributed by atoms with E-state index in [4.69, 9.17) is 16.3 Å². The summed E-state index contributed by atoms with van der Waals surface area (Å²) in [5.74, 6) is -0.0102. The van der Waals surface area contributed by atoms with E-state index in [-0.39, 0.29) is 11.6 Å². The molecule has 1 saturated heterocycles. The van der Waals surface area contributed by atoms with E-state index in [1.54, 1.807) is 0 Å². The number of aliphatic hydroxyl groups excluding tert-OH is 1. The van der Waals surface area contributed by atoms with Crippen LogP contribution in [-0.4, -0.2) is 67.4 Å². The first-order chi connectivity index (χ1) is 10.5. The fourth-order valence-corrected chi connectivity index (χ4v) is 2.97. The highest BCUT2D eigenvalue weighted by Gasteiger charge is 2.22. The molecule has 1 N–H and O–H groups in total. The molecule has 2 rings (SSSR count). The van der Waals surface area contributed by atoms with E-state index < -0.39 is 11.9 Å². The van der Waals surface area contributed by atoms with Gasteiger partial charge in [-0.1, -0.05) is 11.6 Å². The summed E-state index contributed by atoms with van der Waals surface area (Å²) < 4.78 is 18.4. The fraction of sp³-hybridized carbons (Fsp3) is 0.625. The Kier molecular flexibility index (Phi) is 6.44. The minimum atomic E-state index is -0.606. The van der Waals surface area contributed by atoms with Gasteiger partial charge in [0.15, 0.2) is 0 Å². The Labute approximate surface area is 136 Å². The summed E-state index contributed by atoms with van der Waals surface area (Å²) in [7, 11) is 4.16. The minimum Gasteiger partial charge on any atom is -0.489 e. The molecule has 0 bridgehead atoms. The third-order valence-electron chi connectivity index (χ3n) is 4.14. The lowest BCUT2D eigenvalue weighted by Crippen LogP contribution is -2.45. The van der Waals surface area contributed by atoms with Crippen molar-refractivity contribution in [2.45, 2.75) is 25.0 Å². The fourth-order valence-electron chi connectivity index (χ4n) is 2.75. The lowest BCUT2D eigenvalue weighted by molar-refractivity contribution is 0.0498. The maximum Gasteiger partial charge on any atom is 0.138 e. The summed E-state index contributed by atoms with van der Waals surface area (Å²) in [6.07, 6.45) is 1.63. The average molecular weight is 331 g/mol. The van der Waals surface area contributed by atoms with Gasteiger partial charge in [-0.2, -0.15) is 0 Å². The van der Waals surface area contributed by atoms with E-state index >= 15 is 0 Å². The molecule has 1 fully saturated rings. The van der Waals surface area contributed by atoms with Crippen molar-refractivity contribution in [1.82, 2.24) is 9.80 Å². The molecule has 1 heterocycles. The van der Waals surface area contributed by atoms with Crippen molar-refractivity contribution in [3.05, 3.63) is 29.0 Å². The number of rotatable bonds is 6. The molecule has 4 nitrogen and oxygen atoms in total. The third-order valence-corrected chi connectivity index (χ3v) is 4.43. The largest absolute Gasteiger partial charge is 0.489 e. The molecule has 1 aromatic rings. The summed E-state index contributed by atoms with van der Waals surface area (Å²) in [5, 5.41) is 10.3. The smallest absolute Gasteiger partial charge is 0.138 e. The molecule has 124 valence electrons. The van der Waals surface area contributed by atoms with E-state index in [2.05, 4.69) is 16.8 Å². The predicted molar refractivity (Wildman–Crippen MR) is 86.1 cm³/mol. The molecular weight excluding hydrogens is 307 g/mol. The number of hydrogen-bond donors (Lipinski definition) is 1. The summed E-state index contributed by atoms with van der Waals surface area (Å²) >= 11 is 5.89. The predicted octanol–water partition coefficient (Wildman–Crippen LogP) is 2.24. The summed E-state index contributed by atoms with van der Waals surface area (Å²) in [4.78, 5) is 4.51. The Bertz CT molecular complexity index is 481. The van der Waals surface area contributed by atoms with E-state index in [9.17, 15) is 9.50 Å². The number of piperidine rings is 1. The van der Waals surface area contributed by atoms with Gasteiger partial charge in [0.2, 0.25) is 0 Å². The maximum atomic E-state index is 13.0. The van der Waals surface area contributed by atoms with Gasteiger partial charge in [0.1, 0.15) is 24.3 Å². The number of ether oxygens (including phenoxy) is 1. The second-order valence-corrected chi connectivity index (χ2v) is 6.42. The molecule has 0 spiro atoms. The lowest BCUT2D eigenvalue weighted by Gasteiger charge is -2.35. The van der Waals surface area contributed by atoms with Crippen molar-refractivity contribution in [2.75, 3.05) is 40.3 Å². The number of hydrogen-bond acceptors (Lipinski definition) is 4. The standard InChI is InChI=1S/C16H24ClFN2O2/c1-19-7-5-13(6-8-19)20(2)10-14(21)11-22-16-4-3-12(18)9-15(16)17/h3-4,9,13-14,21H,5-8,10-11H2,1-2H3/t14-/m1/s1. The van der Waals surface area contributed by atoms with Gasteiger partial charge >= 0.3 is 0 Å².